The molecule has 0 radical (unpaired) electrons. The van der Waals surface area contributed by atoms with E-state index in [9.17, 15) is 9.18 Å². The zero-order valence-electron chi connectivity index (χ0n) is 11.8. The maximum absolute atomic E-state index is 14.5. The van der Waals surface area contributed by atoms with Crippen molar-refractivity contribution in [1.82, 2.24) is 4.98 Å². The summed E-state index contributed by atoms with van der Waals surface area (Å²) in [6, 6.07) is 4.33. The van der Waals surface area contributed by atoms with Crippen LogP contribution in [0.5, 0.6) is 17.4 Å². The number of nitrogens with two attached hydrogens (primary N) is 1. The molecule has 0 bridgehead atoms. The Bertz CT molecular complexity index is 799. The lowest BCUT2D eigenvalue weighted by atomic mass is 10.1. The molecule has 0 atom stereocenters. The molecule has 0 aliphatic carbocycles. The fraction of sp³-hybridized carbons (Fsp3) is 0.143. The number of anilines is 1. The number of rotatable bonds is 2. The molecule has 1 aliphatic heterocycles. The number of aromatic nitrogens is 1. The minimum absolute atomic E-state index is 0.0201. The monoisotopic (exact) mass is 340 g/mol. The van der Waals surface area contributed by atoms with Crippen molar-refractivity contribution in [1.29, 1.82) is 0 Å². The molecule has 2 N–H and O–H groups in total. The van der Waals surface area contributed by atoms with Crippen LogP contribution in [0.25, 0.3) is 11.3 Å². The fourth-order valence-corrected chi connectivity index (χ4v) is 2.12. The zero-order chi connectivity index (χ0) is 16.6. The van der Waals surface area contributed by atoms with Crippen LogP contribution in [-0.4, -0.2) is 25.0 Å². The predicted molar refractivity (Wildman–Crippen MR) is 78.2 cm³/mol. The van der Waals surface area contributed by atoms with Crippen LogP contribution in [0.2, 0.25) is 5.02 Å². The third-order valence-electron chi connectivity index (χ3n) is 3.06. The van der Waals surface area contributed by atoms with E-state index in [1.165, 1.54) is 18.2 Å². The number of nitrogens with zero attached hydrogens (tertiary/aromatic N) is 1. The number of methoxy groups -OCH3 is 1. The number of hydrogen-bond acceptors (Lipinski definition) is 7. The van der Waals surface area contributed by atoms with E-state index in [0.717, 1.165) is 7.11 Å². The summed E-state index contributed by atoms with van der Waals surface area (Å²) < 4.78 is 33.8. The molecular weight excluding hydrogens is 331 g/mol. The molecule has 0 saturated heterocycles. The van der Waals surface area contributed by atoms with Gasteiger partial charge in [-0.05, 0) is 18.2 Å². The smallest absolute Gasteiger partial charge is 0.453 e. The van der Waals surface area contributed by atoms with E-state index in [0.29, 0.717) is 5.75 Å². The molecule has 0 fully saturated rings. The minimum Gasteiger partial charge on any atom is -0.453 e. The van der Waals surface area contributed by atoms with Gasteiger partial charge in [0, 0.05) is 5.56 Å². The number of nitrogen functional groups attached to an aromatic ring is 1. The van der Waals surface area contributed by atoms with E-state index in [2.05, 4.69) is 9.72 Å². The van der Waals surface area contributed by atoms with E-state index in [4.69, 9.17) is 31.5 Å². The first-order valence-corrected chi connectivity index (χ1v) is 6.69. The van der Waals surface area contributed by atoms with Crippen LogP contribution in [-0.2, 0) is 4.74 Å². The van der Waals surface area contributed by atoms with Crippen molar-refractivity contribution in [2.24, 2.45) is 0 Å². The summed E-state index contributed by atoms with van der Waals surface area (Å²) in [5, 5.41) is -0.0831. The van der Waals surface area contributed by atoms with E-state index < -0.39 is 12.0 Å². The highest BCUT2D eigenvalue weighted by Crippen LogP contribution is 2.41. The molecular formula is C14H10ClFN2O5. The molecule has 0 amide bonds. The first kappa shape index (κ1) is 15.2. The van der Waals surface area contributed by atoms with E-state index in [1.54, 1.807) is 0 Å². The fourth-order valence-electron chi connectivity index (χ4n) is 1.99. The second kappa shape index (κ2) is 5.81. The Balaban J connectivity index is 2.09. The molecule has 1 aromatic heterocycles. The van der Waals surface area contributed by atoms with Crippen molar-refractivity contribution in [3.8, 4) is 28.6 Å². The number of benzene rings is 1. The Hall–Kier alpha value is -2.74. The third-order valence-corrected chi connectivity index (χ3v) is 3.44. The van der Waals surface area contributed by atoms with Gasteiger partial charge >= 0.3 is 6.16 Å². The molecule has 0 spiro atoms. The van der Waals surface area contributed by atoms with Crippen molar-refractivity contribution in [3.63, 3.8) is 0 Å². The Morgan fingerprint density at radius 3 is 2.96 bits per heavy atom. The van der Waals surface area contributed by atoms with Gasteiger partial charge in [0.15, 0.2) is 11.6 Å². The van der Waals surface area contributed by atoms with Gasteiger partial charge in [-0.2, -0.15) is 0 Å². The van der Waals surface area contributed by atoms with E-state index >= 15 is 0 Å². The normalized spacial score (nSPS) is 12.1. The van der Waals surface area contributed by atoms with Gasteiger partial charge in [0.1, 0.15) is 5.02 Å². The Morgan fingerprint density at radius 1 is 1.43 bits per heavy atom. The second-order valence-corrected chi connectivity index (χ2v) is 4.81. The molecule has 0 saturated carbocycles. The van der Waals surface area contributed by atoms with Gasteiger partial charge in [-0.1, -0.05) is 11.6 Å². The van der Waals surface area contributed by atoms with E-state index in [-0.39, 0.29) is 40.4 Å². The minimum atomic E-state index is -1.03. The SMILES string of the molecule is COC(=O)Oc1nc(-c2ccc3c(c2F)OCO3)cc(N)c1Cl. The molecule has 3 rings (SSSR count). The molecule has 120 valence electrons. The summed E-state index contributed by atoms with van der Waals surface area (Å²) in [6.45, 7) is -0.0669. The molecule has 7 nitrogen and oxygen atoms in total. The Labute approximate surface area is 134 Å². The number of carbonyl (C=O) groups excluding carboxylic acids is 1. The average molecular weight is 341 g/mol. The number of halogens is 2. The van der Waals surface area contributed by atoms with Crippen LogP contribution in [0, 0.1) is 5.82 Å². The van der Waals surface area contributed by atoms with Gasteiger partial charge in [0.2, 0.25) is 18.4 Å². The van der Waals surface area contributed by atoms with Gasteiger partial charge in [0.25, 0.3) is 0 Å². The van der Waals surface area contributed by atoms with Crippen LogP contribution in [0.3, 0.4) is 0 Å². The number of hydrogen-bond donors (Lipinski definition) is 1. The van der Waals surface area contributed by atoms with E-state index in [1.807, 2.05) is 0 Å². The molecule has 2 aromatic rings. The number of ether oxygens (including phenoxy) is 4. The van der Waals surface area contributed by atoms with Crippen molar-refractivity contribution >= 4 is 23.4 Å². The maximum Gasteiger partial charge on any atom is 0.514 e. The summed E-state index contributed by atoms with van der Waals surface area (Å²) in [4.78, 5) is 15.2. The van der Waals surface area contributed by atoms with Crippen molar-refractivity contribution in [2.45, 2.75) is 0 Å². The number of fused-ring (bicyclic) bond motifs is 1. The molecule has 0 unspecified atom stereocenters. The highest BCUT2D eigenvalue weighted by atomic mass is 35.5. The first-order valence-electron chi connectivity index (χ1n) is 6.31. The van der Waals surface area contributed by atoms with Crippen LogP contribution in [0.4, 0.5) is 14.9 Å². The highest BCUT2D eigenvalue weighted by molar-refractivity contribution is 6.34. The number of pyridine rings is 1. The second-order valence-electron chi connectivity index (χ2n) is 4.43. The van der Waals surface area contributed by atoms with Crippen LogP contribution >= 0.6 is 11.6 Å². The summed E-state index contributed by atoms with van der Waals surface area (Å²) in [5.41, 5.74) is 6.02. The topological polar surface area (TPSA) is 92.9 Å². The Morgan fingerprint density at radius 2 is 2.22 bits per heavy atom. The molecule has 2 heterocycles. The maximum atomic E-state index is 14.5. The van der Waals surface area contributed by atoms with Crippen molar-refractivity contribution in [3.05, 3.63) is 29.0 Å². The van der Waals surface area contributed by atoms with Crippen molar-refractivity contribution in [2.75, 3.05) is 19.6 Å². The van der Waals surface area contributed by atoms with Crippen LogP contribution in [0.1, 0.15) is 0 Å². The van der Waals surface area contributed by atoms with Gasteiger partial charge < -0.3 is 24.7 Å². The summed E-state index contributed by atoms with van der Waals surface area (Å²) in [6.07, 6.45) is -1.03. The lowest BCUT2D eigenvalue weighted by Gasteiger charge is -2.10. The molecule has 1 aliphatic rings. The highest BCUT2D eigenvalue weighted by Gasteiger charge is 2.24. The molecule has 1 aromatic carbocycles. The Kier molecular flexibility index (Phi) is 3.83. The lowest BCUT2D eigenvalue weighted by Crippen LogP contribution is -2.10. The summed E-state index contributed by atoms with van der Waals surface area (Å²) in [7, 11) is 1.13. The third kappa shape index (κ3) is 2.68. The van der Waals surface area contributed by atoms with Crippen LogP contribution < -0.4 is 19.9 Å². The predicted octanol–water partition coefficient (Wildman–Crippen LogP) is 3.00. The average Bonchev–Trinajstić information content (AvgIpc) is 3.01. The molecule has 9 heteroatoms. The van der Waals surface area contributed by atoms with Gasteiger partial charge in [-0.3, -0.25) is 0 Å². The molecule has 23 heavy (non-hydrogen) atoms. The van der Waals surface area contributed by atoms with Crippen LogP contribution in [0.15, 0.2) is 18.2 Å². The van der Waals surface area contributed by atoms with Gasteiger partial charge in [-0.25, -0.2) is 14.2 Å². The summed E-state index contributed by atoms with van der Waals surface area (Å²) in [5.74, 6) is -0.684. The summed E-state index contributed by atoms with van der Waals surface area (Å²) >= 11 is 5.93. The number of carbonyl (C=O) groups is 1. The van der Waals surface area contributed by atoms with Crippen molar-refractivity contribution < 1.29 is 28.1 Å². The van der Waals surface area contributed by atoms with Gasteiger partial charge in [0.05, 0.1) is 18.5 Å². The standard InChI is InChI=1S/C14H10ClFN2O5/c1-20-14(19)23-13-10(15)7(17)4-8(18-13)6-2-3-9-12(11(6)16)22-5-21-9/h2-4H,5H2,1H3,(H2,17,18). The van der Waals surface area contributed by atoms with Gasteiger partial charge in [-0.15, -0.1) is 0 Å². The first-order chi connectivity index (χ1) is 11.0. The lowest BCUT2D eigenvalue weighted by molar-refractivity contribution is 0.120. The quantitative estimate of drug-likeness (QED) is 0.840. The largest absolute Gasteiger partial charge is 0.514 e. The zero-order valence-corrected chi connectivity index (χ0v) is 12.5.